The van der Waals surface area contributed by atoms with E-state index < -0.39 is 89.2 Å². The molecule has 4 heterocycles. The molecule has 2 aromatic rings. The molecular formula is C17H26FN5O14P2S. The summed E-state index contributed by atoms with van der Waals surface area (Å²) in [4.78, 5) is 32.0. The number of ether oxygens (including phenoxy) is 2. The van der Waals surface area contributed by atoms with E-state index in [1.165, 1.54) is 10.9 Å². The van der Waals surface area contributed by atoms with Crippen LogP contribution < -0.4 is 5.73 Å². The molecule has 2 aliphatic heterocycles. The average Bonchev–Trinajstić information content (AvgIpc) is 3.43. The molecule has 0 amide bonds. The molecule has 0 aromatic carbocycles. The van der Waals surface area contributed by atoms with Gasteiger partial charge in [0, 0.05) is 0 Å². The molecule has 0 saturated carbocycles. The fourth-order valence-electron chi connectivity index (χ4n) is 3.98. The third-order valence-corrected chi connectivity index (χ3v) is 9.48. The molecule has 0 spiro atoms. The van der Waals surface area contributed by atoms with Crippen LogP contribution in [0.5, 0.6) is 0 Å². The van der Waals surface area contributed by atoms with Crippen LogP contribution in [0.3, 0.4) is 0 Å². The smallest absolute Gasteiger partial charge is 0.394 e. The highest BCUT2D eigenvalue weighted by molar-refractivity contribution is 8.08. The van der Waals surface area contributed by atoms with E-state index in [9.17, 15) is 44.3 Å². The number of nitrogen functional groups attached to an aromatic ring is 1. The zero-order valence-electron chi connectivity index (χ0n) is 19.9. The Morgan fingerprint density at radius 3 is 2.50 bits per heavy atom. The van der Waals surface area contributed by atoms with Crippen LogP contribution in [0.2, 0.25) is 0 Å². The highest BCUT2D eigenvalue weighted by atomic mass is 32.5. The topological polar surface area (TPSA) is 295 Å². The lowest BCUT2D eigenvalue weighted by Gasteiger charge is -2.41. The average molecular weight is 637 g/mol. The predicted octanol–water partition coefficient (Wildman–Crippen LogP) is -3.47. The van der Waals surface area contributed by atoms with E-state index in [2.05, 4.69) is 35.6 Å². The quantitative estimate of drug-likeness (QED) is 0.114. The van der Waals surface area contributed by atoms with E-state index in [0.29, 0.717) is 0 Å². The summed E-state index contributed by atoms with van der Waals surface area (Å²) in [5.74, 6) is 0.0265. The van der Waals surface area contributed by atoms with Crippen LogP contribution in [0.25, 0.3) is 11.2 Å². The highest BCUT2D eigenvalue weighted by Crippen LogP contribution is 2.61. The van der Waals surface area contributed by atoms with Crippen LogP contribution in [0.15, 0.2) is 12.7 Å². The molecule has 5 unspecified atom stereocenters. The van der Waals surface area contributed by atoms with Crippen LogP contribution in [0, 0.1) is 0 Å². The number of phosphoric ester groups is 1. The first-order chi connectivity index (χ1) is 18.7. The lowest BCUT2D eigenvalue weighted by atomic mass is 9.96. The fourth-order valence-corrected chi connectivity index (χ4v) is 7.08. The maximum absolute atomic E-state index is 14.8. The maximum atomic E-state index is 14.8. The summed E-state index contributed by atoms with van der Waals surface area (Å²) in [6, 6.07) is 0. The largest absolute Gasteiger partial charge is 0.481 e. The standard InChI is InChI=1S/C17H26FN5O14P2S/c18-7-6(34-16(9(7)26)23-4-22-8-14(19)20-3-21-15(8)23)2-33-39(32,40)37-38(30,31)36-17-12(29)10(27)11(28)13(35-17)5(25)1-24/h3-7,9-13,16-17,24-29H,1-2H2,(H,30,31)(H,32,40)(H2,19,20,21)/t5-,6-,7+,9?,10+,11+,12?,13?,16-,17+,39?/m1/s1. The van der Waals surface area contributed by atoms with E-state index in [0.717, 1.165) is 6.33 Å². The Balaban J connectivity index is 1.38. The summed E-state index contributed by atoms with van der Waals surface area (Å²) in [5, 5.41) is 59.0. The maximum Gasteiger partial charge on any atom is 0.481 e. The Hall–Kier alpha value is -1.36. The molecular weight excluding hydrogens is 611 g/mol. The number of alkyl halides is 1. The van der Waals surface area contributed by atoms with Crippen molar-refractivity contribution in [3.05, 3.63) is 12.7 Å². The third kappa shape index (κ3) is 6.50. The van der Waals surface area contributed by atoms with Gasteiger partial charge in [0.15, 0.2) is 30.2 Å². The predicted molar refractivity (Wildman–Crippen MR) is 129 cm³/mol. The SMILES string of the molecule is Nc1ncnc2c1ncn2[C@@H]1O[C@H](COP(O)(=S)OP(=O)(O)O[C@@H]2OC([C@H](O)CO)[C@@H](O)[C@H](O)C2O)[C@H](F)C1O. The first-order valence-corrected chi connectivity index (χ1v) is 15.3. The van der Waals surface area contributed by atoms with Crippen LogP contribution >= 0.6 is 14.5 Å². The Morgan fingerprint density at radius 2 is 1.82 bits per heavy atom. The van der Waals surface area contributed by atoms with Gasteiger partial charge in [0.25, 0.3) is 0 Å². The van der Waals surface area contributed by atoms with Gasteiger partial charge in [-0.25, -0.2) is 28.2 Å². The molecule has 2 aliphatic rings. The van der Waals surface area contributed by atoms with Crippen molar-refractivity contribution in [2.24, 2.45) is 0 Å². The number of aliphatic hydroxyl groups excluding tert-OH is 6. The number of phosphoric acid groups is 1. The van der Waals surface area contributed by atoms with Crippen molar-refractivity contribution in [1.82, 2.24) is 19.5 Å². The number of nitrogens with zero attached hydrogens (tertiary/aromatic N) is 4. The number of rotatable bonds is 10. The summed E-state index contributed by atoms with van der Waals surface area (Å²) in [6.07, 6.45) is -16.5. The van der Waals surface area contributed by atoms with Crippen molar-refractivity contribution in [3.63, 3.8) is 0 Å². The van der Waals surface area contributed by atoms with Crippen molar-refractivity contribution >= 4 is 43.3 Å². The second-order valence-corrected chi connectivity index (χ2v) is 13.1. The van der Waals surface area contributed by atoms with Crippen LogP contribution in [0.4, 0.5) is 10.2 Å². The molecule has 0 aliphatic carbocycles. The Labute approximate surface area is 228 Å². The van der Waals surface area contributed by atoms with Gasteiger partial charge in [0.1, 0.15) is 54.6 Å². The van der Waals surface area contributed by atoms with E-state index in [1.54, 1.807) is 0 Å². The van der Waals surface area contributed by atoms with Gasteiger partial charge in [-0.3, -0.25) is 9.09 Å². The summed E-state index contributed by atoms with van der Waals surface area (Å²) in [5.41, 5.74) is 6.00. The molecule has 0 bridgehead atoms. The lowest BCUT2D eigenvalue weighted by Crippen LogP contribution is -2.61. The Kier molecular flexibility index (Phi) is 9.55. The van der Waals surface area contributed by atoms with Crippen molar-refractivity contribution in [2.45, 2.75) is 61.4 Å². The van der Waals surface area contributed by atoms with E-state index >= 15 is 0 Å². The van der Waals surface area contributed by atoms with E-state index in [1.807, 2.05) is 0 Å². The first kappa shape index (κ1) is 31.6. The van der Waals surface area contributed by atoms with Gasteiger partial charge in [-0.2, -0.15) is 0 Å². The minimum absolute atomic E-state index is 0.0265. The number of anilines is 1. The number of hydrogen-bond acceptors (Lipinski definition) is 17. The minimum atomic E-state index is -5.48. The number of aliphatic hydroxyl groups is 6. The molecule has 2 fully saturated rings. The first-order valence-electron chi connectivity index (χ1n) is 11.2. The summed E-state index contributed by atoms with van der Waals surface area (Å²) in [6.45, 7) is -6.56. The summed E-state index contributed by atoms with van der Waals surface area (Å²) < 4.78 is 52.9. The molecule has 19 nitrogen and oxygen atoms in total. The van der Waals surface area contributed by atoms with Crippen LogP contribution in [0.1, 0.15) is 6.23 Å². The molecule has 10 N–H and O–H groups in total. The zero-order valence-corrected chi connectivity index (χ0v) is 22.5. The summed E-state index contributed by atoms with van der Waals surface area (Å²) in [7, 11) is -5.48. The number of imidazole rings is 1. The molecule has 23 heteroatoms. The Bertz CT molecular complexity index is 1300. The minimum Gasteiger partial charge on any atom is -0.394 e. The number of nitrogens with two attached hydrogens (primary N) is 1. The van der Waals surface area contributed by atoms with E-state index in [4.69, 9.17) is 24.8 Å². The molecule has 2 saturated heterocycles. The molecule has 0 radical (unpaired) electrons. The van der Waals surface area contributed by atoms with Crippen LogP contribution in [-0.2, 0) is 39.2 Å². The van der Waals surface area contributed by atoms with Crippen LogP contribution in [-0.4, -0.2) is 128 Å². The molecule has 12 atom stereocenters. The van der Waals surface area contributed by atoms with E-state index in [-0.39, 0.29) is 17.0 Å². The number of halogens is 1. The molecule has 2 aromatic heterocycles. The Morgan fingerprint density at radius 1 is 1.12 bits per heavy atom. The van der Waals surface area contributed by atoms with Gasteiger partial charge in [0.2, 0.25) is 0 Å². The third-order valence-electron chi connectivity index (χ3n) is 5.97. The second kappa shape index (κ2) is 12.1. The number of fused-ring (bicyclic) bond motifs is 1. The van der Waals surface area contributed by atoms with Crippen molar-refractivity contribution in [2.75, 3.05) is 18.9 Å². The van der Waals surface area contributed by atoms with Gasteiger partial charge in [-0.15, -0.1) is 0 Å². The highest BCUT2D eigenvalue weighted by Gasteiger charge is 2.50. The van der Waals surface area contributed by atoms with Crippen molar-refractivity contribution in [1.29, 1.82) is 0 Å². The summed E-state index contributed by atoms with van der Waals surface area (Å²) >= 11 is 4.66. The second-order valence-electron chi connectivity index (χ2n) is 8.69. The monoisotopic (exact) mass is 637 g/mol. The lowest BCUT2D eigenvalue weighted by molar-refractivity contribution is -0.292. The van der Waals surface area contributed by atoms with Gasteiger partial charge < -0.3 is 60.2 Å². The number of hydrogen-bond donors (Lipinski definition) is 9. The molecule has 226 valence electrons. The van der Waals surface area contributed by atoms with Gasteiger partial charge in [-0.05, 0) is 11.8 Å². The normalized spacial score (nSPS) is 36.8. The molecule has 4 rings (SSSR count). The molecule has 40 heavy (non-hydrogen) atoms. The van der Waals surface area contributed by atoms with Gasteiger partial charge in [-0.1, -0.05) is 0 Å². The van der Waals surface area contributed by atoms with Gasteiger partial charge >= 0.3 is 14.5 Å². The fraction of sp³-hybridized carbons (Fsp3) is 0.706. The van der Waals surface area contributed by atoms with Gasteiger partial charge in [0.05, 0.1) is 19.5 Å². The van der Waals surface area contributed by atoms with Crippen molar-refractivity contribution in [3.8, 4) is 0 Å². The van der Waals surface area contributed by atoms with Crippen molar-refractivity contribution < 1.29 is 72.2 Å². The number of aromatic nitrogens is 4. The zero-order chi connectivity index (χ0) is 29.6.